The largest absolute Gasteiger partial charge is 0.490 e. The van der Waals surface area contributed by atoms with Gasteiger partial charge in [0.25, 0.3) is 0 Å². The Bertz CT molecular complexity index is 3540. The number of fused-ring (bicyclic) bond motifs is 8. The lowest BCUT2D eigenvalue weighted by Gasteiger charge is -2.10. The van der Waals surface area contributed by atoms with Crippen LogP contribution in [0, 0.1) is 0 Å². The van der Waals surface area contributed by atoms with Gasteiger partial charge in [-0.25, -0.2) is 9.97 Å². The van der Waals surface area contributed by atoms with Crippen molar-refractivity contribution < 1.29 is 57.1 Å². The lowest BCUT2D eigenvalue weighted by atomic mass is 10.0. The van der Waals surface area contributed by atoms with E-state index in [-0.39, 0.29) is 96.0 Å². The topological polar surface area (TPSA) is 199 Å². The van der Waals surface area contributed by atoms with Crippen molar-refractivity contribution in [1.82, 2.24) is 19.9 Å². The molecule has 9 rings (SSSR count). The molecule has 1 unspecified atom stereocenters. The first-order chi connectivity index (χ1) is 39.5. The van der Waals surface area contributed by atoms with E-state index in [1.807, 2.05) is 146 Å². The molecule has 2 aliphatic heterocycles. The summed E-state index contributed by atoms with van der Waals surface area (Å²) in [6, 6.07) is 39.1. The average molecular weight is 1160 g/mol. The number of nitrogens with zero attached hydrogens (tertiary/aromatic N) is 2. The highest BCUT2D eigenvalue weighted by Crippen LogP contribution is 2.39. The number of benzene rings is 4. The molecule has 3 aromatic heterocycles. The molecule has 0 saturated heterocycles. The molecule has 2 N–H and O–H groups in total. The van der Waals surface area contributed by atoms with Crippen LogP contribution >= 0.6 is 15.9 Å². The number of alkyl halides is 1. The Hall–Kier alpha value is -8.96. The van der Waals surface area contributed by atoms with Gasteiger partial charge in [0.1, 0.15) is 80.7 Å². The normalized spacial score (nSPS) is 11.9. The molecule has 0 radical (unpaired) electrons. The molecule has 7 aromatic rings. The summed E-state index contributed by atoms with van der Waals surface area (Å²) >= 11 is 3.24. The van der Waals surface area contributed by atoms with Crippen molar-refractivity contribution in [3.05, 3.63) is 144 Å². The van der Waals surface area contributed by atoms with Gasteiger partial charge in [0, 0.05) is 63.6 Å². The Labute approximate surface area is 477 Å². The molecule has 5 heterocycles. The number of rotatable bonds is 24. The number of halogens is 1. The van der Waals surface area contributed by atoms with Gasteiger partial charge in [0.05, 0.1) is 22.8 Å². The van der Waals surface area contributed by atoms with Crippen LogP contribution < -0.4 is 18.9 Å². The third kappa shape index (κ3) is 14.5. The zero-order chi connectivity index (χ0) is 56.7. The number of carbonyl (C=O) groups is 4. The molecule has 1 atom stereocenters. The zero-order valence-electron chi connectivity index (χ0n) is 45.4. The SMILES string of the molecule is CCC(=O)OCCOc1ccc(-c2c3nc(c(-c4ccc(OCCOC(=O)CC)cc4)c4ccc([nH]4)c(-c4ccc(OCCOC(=O)C(C)Br)cc4)c4nc(c(-c5ccc(OCCOC(=O)CC)cc5)c5ccc2[nH]5)C=C4)C=C3)cc1. The molecule has 8 bridgehead atoms. The van der Waals surface area contributed by atoms with Gasteiger partial charge in [0.15, 0.2) is 0 Å². The maximum atomic E-state index is 12.0. The van der Waals surface area contributed by atoms with Crippen LogP contribution in [0.2, 0.25) is 0 Å². The molecule has 0 saturated carbocycles. The molecular formula is C64H61BrN4O12. The van der Waals surface area contributed by atoms with Crippen molar-refractivity contribution in [2.75, 3.05) is 52.9 Å². The number of esters is 4. The van der Waals surface area contributed by atoms with Crippen molar-refractivity contribution in [1.29, 1.82) is 0 Å². The predicted molar refractivity (Wildman–Crippen MR) is 316 cm³/mol. The van der Waals surface area contributed by atoms with Gasteiger partial charge >= 0.3 is 23.9 Å². The minimum absolute atomic E-state index is 0.0973. The number of aromatic amines is 2. The van der Waals surface area contributed by atoms with Crippen LogP contribution in [0.3, 0.4) is 0 Å². The van der Waals surface area contributed by atoms with Crippen molar-refractivity contribution in [2.45, 2.75) is 51.8 Å². The van der Waals surface area contributed by atoms with Crippen molar-refractivity contribution in [3.63, 3.8) is 0 Å². The molecule has 17 heteroatoms. The summed E-state index contributed by atoms with van der Waals surface area (Å²) in [5, 5.41) is 0. The summed E-state index contributed by atoms with van der Waals surface area (Å²) < 4.78 is 44.9. The Morgan fingerprint density at radius 3 is 0.864 bits per heavy atom. The number of hydrogen-bond acceptors (Lipinski definition) is 14. The second-order valence-electron chi connectivity index (χ2n) is 18.5. The molecular weight excluding hydrogens is 1100 g/mol. The Morgan fingerprint density at radius 1 is 0.383 bits per heavy atom. The molecule has 0 fully saturated rings. The summed E-state index contributed by atoms with van der Waals surface area (Å²) in [5.41, 5.74) is 12.6. The molecule has 416 valence electrons. The maximum Gasteiger partial charge on any atom is 0.319 e. The molecule has 0 amide bonds. The van der Waals surface area contributed by atoms with Gasteiger partial charge in [-0.1, -0.05) is 85.2 Å². The highest BCUT2D eigenvalue weighted by molar-refractivity contribution is 9.10. The second kappa shape index (κ2) is 27.3. The molecule has 81 heavy (non-hydrogen) atoms. The fourth-order valence-corrected chi connectivity index (χ4v) is 9.09. The van der Waals surface area contributed by atoms with E-state index < -0.39 is 4.83 Å². The van der Waals surface area contributed by atoms with Crippen LogP contribution in [0.25, 0.3) is 90.9 Å². The van der Waals surface area contributed by atoms with Gasteiger partial charge in [-0.05, 0) is 126 Å². The lowest BCUT2D eigenvalue weighted by Crippen LogP contribution is -2.17. The first-order valence-corrected chi connectivity index (χ1v) is 27.8. The molecule has 0 spiro atoms. The highest BCUT2D eigenvalue weighted by atomic mass is 79.9. The first kappa shape index (κ1) is 56.7. The Morgan fingerprint density at radius 2 is 0.630 bits per heavy atom. The number of nitrogens with one attached hydrogen (secondary N) is 2. The highest BCUT2D eigenvalue weighted by Gasteiger charge is 2.20. The van der Waals surface area contributed by atoms with E-state index in [1.54, 1.807) is 27.7 Å². The van der Waals surface area contributed by atoms with Crippen LogP contribution in [0.5, 0.6) is 23.0 Å². The van der Waals surface area contributed by atoms with Crippen molar-refractivity contribution >= 4 is 86.2 Å². The Balaban J connectivity index is 1.22. The van der Waals surface area contributed by atoms with Crippen LogP contribution in [0.15, 0.2) is 121 Å². The molecule has 16 nitrogen and oxygen atoms in total. The van der Waals surface area contributed by atoms with Crippen LogP contribution in [0.1, 0.15) is 69.7 Å². The minimum atomic E-state index is -0.422. The Kier molecular flexibility index (Phi) is 19.1. The van der Waals surface area contributed by atoms with Gasteiger partial charge in [-0.3, -0.25) is 19.2 Å². The number of aromatic nitrogens is 4. The van der Waals surface area contributed by atoms with Gasteiger partial charge in [0.2, 0.25) is 0 Å². The summed E-state index contributed by atoms with van der Waals surface area (Å²) in [6.07, 6.45) is 8.91. The second-order valence-corrected chi connectivity index (χ2v) is 19.9. The van der Waals surface area contributed by atoms with E-state index >= 15 is 0 Å². The smallest absolute Gasteiger partial charge is 0.319 e. The lowest BCUT2D eigenvalue weighted by molar-refractivity contribution is -0.144. The van der Waals surface area contributed by atoms with E-state index in [0.717, 1.165) is 66.6 Å². The van der Waals surface area contributed by atoms with E-state index in [4.69, 9.17) is 47.9 Å². The third-order valence-corrected chi connectivity index (χ3v) is 13.3. The van der Waals surface area contributed by atoms with E-state index in [0.29, 0.717) is 45.8 Å². The zero-order valence-corrected chi connectivity index (χ0v) is 47.0. The third-order valence-electron chi connectivity index (χ3n) is 13.0. The van der Waals surface area contributed by atoms with E-state index in [9.17, 15) is 19.2 Å². The van der Waals surface area contributed by atoms with Gasteiger partial charge < -0.3 is 47.9 Å². The fourth-order valence-electron chi connectivity index (χ4n) is 8.96. The van der Waals surface area contributed by atoms with Gasteiger partial charge in [-0.2, -0.15) is 0 Å². The van der Waals surface area contributed by atoms with Crippen molar-refractivity contribution in [3.8, 4) is 67.5 Å². The fraction of sp³-hybridized carbons (Fsp3) is 0.250. The molecule has 2 aliphatic rings. The van der Waals surface area contributed by atoms with E-state index in [2.05, 4.69) is 25.9 Å². The van der Waals surface area contributed by atoms with Gasteiger partial charge in [-0.15, -0.1) is 0 Å². The number of hydrogen-bond donors (Lipinski definition) is 2. The maximum absolute atomic E-state index is 12.0. The number of carbonyl (C=O) groups excluding carboxylic acids is 4. The standard InChI is InChI=1S/C64H61BrN4O12/c1-5-57(70)78-36-32-74-45-16-8-41(9-17-45)60-49-24-26-51(66-49)61(42-10-18-46(19-11-42)75-33-37-79-58(71)6-2)53-28-30-55(68-53)63(44-14-22-48(23-15-44)77-35-39-81-64(73)40(4)65)56-31-29-54(69-56)62(52-27-25-50(60)67-52)43-12-20-47(21-13-43)76-34-38-80-59(72)7-3/h8-31,40,66,69H,5-7,32-39H2,1-4H3. The van der Waals surface area contributed by atoms with Crippen LogP contribution in [-0.2, 0) is 38.1 Å². The van der Waals surface area contributed by atoms with Crippen LogP contribution in [-0.4, -0.2) is 101 Å². The molecule has 4 aromatic carbocycles. The minimum Gasteiger partial charge on any atom is -0.490 e. The van der Waals surface area contributed by atoms with Crippen LogP contribution in [0.4, 0.5) is 0 Å². The number of H-pyrrole nitrogens is 2. The summed E-state index contributed by atoms with van der Waals surface area (Å²) in [7, 11) is 0. The summed E-state index contributed by atoms with van der Waals surface area (Å²) in [5.74, 6) is 1.20. The van der Waals surface area contributed by atoms with E-state index in [1.165, 1.54) is 0 Å². The average Bonchev–Trinajstić information content (AvgIpc) is 4.50. The molecule has 0 aliphatic carbocycles. The number of ether oxygens (including phenoxy) is 8. The summed E-state index contributed by atoms with van der Waals surface area (Å²) in [6.45, 7) is 8.23. The predicted octanol–water partition coefficient (Wildman–Crippen LogP) is 13.0. The quantitative estimate of drug-likeness (QED) is 0.0251. The van der Waals surface area contributed by atoms with Crippen molar-refractivity contribution in [2.24, 2.45) is 0 Å². The summed E-state index contributed by atoms with van der Waals surface area (Å²) in [4.78, 5) is 65.3. The monoisotopic (exact) mass is 1160 g/mol. The first-order valence-electron chi connectivity index (χ1n) is 26.8.